The molecule has 0 radical (unpaired) electrons. The number of hydrogen-bond donors (Lipinski definition) is 1. The van der Waals surface area contributed by atoms with E-state index in [1.807, 2.05) is 0 Å². The largest absolute Gasteiger partial charge is 0.467 e. The van der Waals surface area contributed by atoms with Crippen LogP contribution in [-0.2, 0) is 23.8 Å². The van der Waals surface area contributed by atoms with Crippen molar-refractivity contribution < 1.29 is 23.8 Å². The monoisotopic (exact) mass is 219 g/mol. The number of carbonyl (C=O) groups is 2. The van der Waals surface area contributed by atoms with Crippen LogP contribution in [0, 0.1) is 0 Å². The van der Waals surface area contributed by atoms with E-state index in [1.165, 1.54) is 14.0 Å². The summed E-state index contributed by atoms with van der Waals surface area (Å²) in [5, 5.41) is 2.43. The minimum atomic E-state index is -0.760. The van der Waals surface area contributed by atoms with Gasteiger partial charge in [0, 0.05) is 14.0 Å². The van der Waals surface area contributed by atoms with Crippen molar-refractivity contribution in [3.8, 4) is 0 Å². The van der Waals surface area contributed by atoms with E-state index in [0.717, 1.165) is 0 Å². The fraction of sp³-hybridized carbons (Fsp3) is 0.778. The lowest BCUT2D eigenvalue weighted by molar-refractivity contribution is -0.146. The smallest absolute Gasteiger partial charge is 0.330 e. The summed E-state index contributed by atoms with van der Waals surface area (Å²) in [7, 11) is 2.81. The maximum absolute atomic E-state index is 11.2. The van der Waals surface area contributed by atoms with E-state index >= 15 is 0 Å². The van der Waals surface area contributed by atoms with Gasteiger partial charge in [-0.3, -0.25) is 4.79 Å². The van der Waals surface area contributed by atoms with Crippen molar-refractivity contribution in [2.45, 2.75) is 13.0 Å². The molecule has 1 amide bonds. The summed E-state index contributed by atoms with van der Waals surface area (Å²) in [6, 6.07) is -0.760. The normalized spacial score (nSPS) is 11.9. The predicted molar refractivity (Wildman–Crippen MR) is 52.3 cm³/mol. The van der Waals surface area contributed by atoms with E-state index in [4.69, 9.17) is 9.47 Å². The Labute approximate surface area is 88.9 Å². The molecule has 0 heterocycles. The molecule has 0 saturated heterocycles. The van der Waals surface area contributed by atoms with Crippen molar-refractivity contribution in [1.29, 1.82) is 0 Å². The van der Waals surface area contributed by atoms with E-state index in [9.17, 15) is 9.59 Å². The van der Waals surface area contributed by atoms with Crippen molar-refractivity contribution in [2.24, 2.45) is 0 Å². The lowest BCUT2D eigenvalue weighted by Crippen LogP contribution is -2.43. The molecular formula is C9H17NO5. The van der Waals surface area contributed by atoms with Crippen LogP contribution in [0.1, 0.15) is 6.92 Å². The molecule has 0 bridgehead atoms. The van der Waals surface area contributed by atoms with Crippen molar-refractivity contribution >= 4 is 11.9 Å². The number of methoxy groups -OCH3 is 2. The Morgan fingerprint density at radius 2 is 1.93 bits per heavy atom. The van der Waals surface area contributed by atoms with E-state index in [1.54, 1.807) is 7.11 Å². The number of hydrogen-bond acceptors (Lipinski definition) is 5. The topological polar surface area (TPSA) is 73.9 Å². The first-order valence-electron chi connectivity index (χ1n) is 4.53. The average Bonchev–Trinajstić information content (AvgIpc) is 2.21. The van der Waals surface area contributed by atoms with E-state index in [0.29, 0.717) is 13.2 Å². The minimum absolute atomic E-state index is 0.0790. The summed E-state index contributed by atoms with van der Waals surface area (Å²) in [5.74, 6) is -0.830. The second-order valence-electron chi connectivity index (χ2n) is 2.84. The van der Waals surface area contributed by atoms with Crippen LogP contribution in [0.2, 0.25) is 0 Å². The van der Waals surface area contributed by atoms with E-state index in [-0.39, 0.29) is 12.5 Å². The van der Waals surface area contributed by atoms with Gasteiger partial charge < -0.3 is 19.5 Å². The van der Waals surface area contributed by atoms with E-state index < -0.39 is 12.0 Å². The number of rotatable bonds is 7. The molecule has 6 nitrogen and oxygen atoms in total. The summed E-state index contributed by atoms with van der Waals surface area (Å²) >= 11 is 0. The van der Waals surface area contributed by atoms with Gasteiger partial charge in [0.1, 0.15) is 0 Å². The zero-order chi connectivity index (χ0) is 11.7. The minimum Gasteiger partial charge on any atom is -0.467 e. The van der Waals surface area contributed by atoms with E-state index in [2.05, 4.69) is 10.1 Å². The summed E-state index contributed by atoms with van der Waals surface area (Å²) < 4.78 is 14.4. The fourth-order valence-electron chi connectivity index (χ4n) is 0.900. The highest BCUT2D eigenvalue weighted by Gasteiger charge is 2.19. The van der Waals surface area contributed by atoms with Crippen LogP contribution in [0.5, 0.6) is 0 Å². The van der Waals surface area contributed by atoms with Crippen LogP contribution >= 0.6 is 0 Å². The molecule has 0 unspecified atom stereocenters. The first-order valence-corrected chi connectivity index (χ1v) is 4.53. The zero-order valence-electron chi connectivity index (χ0n) is 9.24. The van der Waals surface area contributed by atoms with Crippen LogP contribution in [0.25, 0.3) is 0 Å². The molecule has 15 heavy (non-hydrogen) atoms. The quantitative estimate of drug-likeness (QED) is 0.454. The van der Waals surface area contributed by atoms with Crippen LogP contribution < -0.4 is 5.32 Å². The lowest BCUT2D eigenvalue weighted by atomic mass is 10.3. The molecular weight excluding hydrogens is 202 g/mol. The standard InChI is InChI=1S/C9H17NO5/c1-7(11)10-8(9(12)14-3)6-15-5-4-13-2/h8H,4-6H2,1-3H3,(H,10,11)/t8-/m1/s1. The fourth-order valence-corrected chi connectivity index (χ4v) is 0.900. The van der Waals surface area contributed by atoms with Gasteiger partial charge in [-0.15, -0.1) is 0 Å². The summed E-state index contributed by atoms with van der Waals surface area (Å²) in [4.78, 5) is 21.9. The lowest BCUT2D eigenvalue weighted by Gasteiger charge is -2.15. The molecule has 1 N–H and O–H groups in total. The molecule has 0 aliphatic carbocycles. The Balaban J connectivity index is 3.90. The van der Waals surface area contributed by atoms with Gasteiger partial charge >= 0.3 is 5.97 Å². The number of nitrogens with one attached hydrogen (secondary N) is 1. The SMILES string of the molecule is COCCOC[C@@H](NC(C)=O)C(=O)OC. The molecule has 0 aromatic rings. The second kappa shape index (κ2) is 8.19. The van der Waals surface area contributed by atoms with Crippen LogP contribution in [0.4, 0.5) is 0 Å². The molecule has 0 aliphatic rings. The van der Waals surface area contributed by atoms with Gasteiger partial charge in [-0.2, -0.15) is 0 Å². The third-order valence-corrected chi connectivity index (χ3v) is 1.58. The Morgan fingerprint density at radius 1 is 1.27 bits per heavy atom. The Morgan fingerprint density at radius 3 is 2.40 bits per heavy atom. The molecule has 0 rings (SSSR count). The number of carbonyl (C=O) groups excluding carboxylic acids is 2. The summed E-state index contributed by atoms with van der Waals surface area (Å²) in [5.41, 5.74) is 0. The van der Waals surface area contributed by atoms with Crippen molar-refractivity contribution in [2.75, 3.05) is 34.0 Å². The Kier molecular flexibility index (Phi) is 7.57. The maximum atomic E-state index is 11.2. The average molecular weight is 219 g/mol. The molecule has 88 valence electrons. The molecule has 0 aromatic heterocycles. The third kappa shape index (κ3) is 6.87. The highest BCUT2D eigenvalue weighted by atomic mass is 16.5. The second-order valence-corrected chi connectivity index (χ2v) is 2.84. The third-order valence-electron chi connectivity index (χ3n) is 1.58. The maximum Gasteiger partial charge on any atom is 0.330 e. The van der Waals surface area contributed by atoms with Gasteiger partial charge in [0.15, 0.2) is 6.04 Å². The van der Waals surface area contributed by atoms with Crippen LogP contribution in [0.15, 0.2) is 0 Å². The zero-order valence-corrected chi connectivity index (χ0v) is 9.24. The van der Waals surface area contributed by atoms with Crippen LogP contribution in [0.3, 0.4) is 0 Å². The van der Waals surface area contributed by atoms with Crippen molar-refractivity contribution in [3.05, 3.63) is 0 Å². The number of amides is 1. The Bertz CT molecular complexity index is 207. The molecule has 0 saturated carbocycles. The number of ether oxygens (including phenoxy) is 3. The highest BCUT2D eigenvalue weighted by Crippen LogP contribution is 1.90. The van der Waals surface area contributed by atoms with Gasteiger partial charge in [-0.05, 0) is 0 Å². The summed E-state index contributed by atoms with van der Waals surface area (Å²) in [6.07, 6.45) is 0. The predicted octanol–water partition coefficient (Wildman–Crippen LogP) is -0.673. The molecule has 1 atom stereocenters. The van der Waals surface area contributed by atoms with Crippen molar-refractivity contribution in [1.82, 2.24) is 5.32 Å². The molecule has 0 spiro atoms. The van der Waals surface area contributed by atoms with Gasteiger partial charge in [-0.25, -0.2) is 4.79 Å². The first kappa shape index (κ1) is 13.9. The van der Waals surface area contributed by atoms with Gasteiger partial charge in [0.25, 0.3) is 0 Å². The number of esters is 1. The highest BCUT2D eigenvalue weighted by molar-refractivity contribution is 5.83. The van der Waals surface area contributed by atoms with Gasteiger partial charge in [-0.1, -0.05) is 0 Å². The van der Waals surface area contributed by atoms with Gasteiger partial charge in [0.05, 0.1) is 26.9 Å². The van der Waals surface area contributed by atoms with Crippen molar-refractivity contribution in [3.63, 3.8) is 0 Å². The molecule has 0 aliphatic heterocycles. The molecule has 0 fully saturated rings. The molecule has 6 heteroatoms. The first-order chi connectivity index (χ1) is 7.11. The van der Waals surface area contributed by atoms with Gasteiger partial charge in [0.2, 0.25) is 5.91 Å². The summed E-state index contributed by atoms with van der Waals surface area (Å²) in [6.45, 7) is 2.21. The Hall–Kier alpha value is -1.14. The molecule has 0 aromatic carbocycles. The van der Waals surface area contributed by atoms with Crippen LogP contribution in [-0.4, -0.2) is 52.0 Å².